The largest absolute Gasteiger partial charge is 0.483 e. The van der Waals surface area contributed by atoms with Crippen molar-refractivity contribution in [1.29, 1.82) is 0 Å². The zero-order valence-electron chi connectivity index (χ0n) is 12.6. The van der Waals surface area contributed by atoms with Crippen LogP contribution in [0, 0.1) is 17.0 Å². The Balaban J connectivity index is 1.75. The third kappa shape index (κ3) is 3.36. The van der Waals surface area contributed by atoms with Crippen molar-refractivity contribution < 1.29 is 14.2 Å². The average Bonchev–Trinajstić information content (AvgIpc) is 3.02. The van der Waals surface area contributed by atoms with Gasteiger partial charge in [-0.05, 0) is 25.1 Å². The van der Waals surface area contributed by atoms with Gasteiger partial charge in [0.15, 0.2) is 6.61 Å². The van der Waals surface area contributed by atoms with Crippen LogP contribution in [0.4, 0.5) is 5.69 Å². The predicted molar refractivity (Wildman–Crippen MR) is 86.9 cm³/mol. The van der Waals surface area contributed by atoms with Crippen LogP contribution in [0.3, 0.4) is 0 Å². The van der Waals surface area contributed by atoms with E-state index in [1.807, 2.05) is 6.07 Å². The molecule has 0 amide bonds. The number of rotatable bonds is 5. The van der Waals surface area contributed by atoms with Gasteiger partial charge in [-0.15, -0.1) is 0 Å². The number of ether oxygens (including phenoxy) is 1. The van der Waals surface area contributed by atoms with Crippen LogP contribution in [-0.4, -0.2) is 15.1 Å². The molecule has 2 aromatic carbocycles. The Morgan fingerprint density at radius 2 is 2.08 bits per heavy atom. The number of aromatic nitrogens is 2. The molecule has 3 rings (SSSR count). The number of nitro benzene ring substituents is 1. The highest BCUT2D eigenvalue weighted by Crippen LogP contribution is 2.27. The number of halogens is 1. The summed E-state index contributed by atoms with van der Waals surface area (Å²) in [6.07, 6.45) is 0. The van der Waals surface area contributed by atoms with Gasteiger partial charge >= 0.3 is 0 Å². The van der Waals surface area contributed by atoms with Crippen LogP contribution in [-0.2, 0) is 6.61 Å². The van der Waals surface area contributed by atoms with Crippen molar-refractivity contribution >= 4 is 17.3 Å². The lowest BCUT2D eigenvalue weighted by Gasteiger charge is -2.06. The quantitative estimate of drug-likeness (QED) is 0.508. The average molecular weight is 346 g/mol. The van der Waals surface area contributed by atoms with E-state index in [1.165, 1.54) is 6.07 Å². The monoisotopic (exact) mass is 345 g/mol. The number of nitrogens with zero attached hydrogens (tertiary/aromatic N) is 3. The summed E-state index contributed by atoms with van der Waals surface area (Å²) in [7, 11) is 0. The lowest BCUT2D eigenvalue weighted by atomic mass is 10.2. The number of nitro groups is 1. The van der Waals surface area contributed by atoms with Crippen molar-refractivity contribution in [3.63, 3.8) is 0 Å². The smallest absolute Gasteiger partial charge is 0.276 e. The van der Waals surface area contributed by atoms with Gasteiger partial charge < -0.3 is 9.26 Å². The molecule has 24 heavy (non-hydrogen) atoms. The van der Waals surface area contributed by atoms with E-state index in [1.54, 1.807) is 37.3 Å². The summed E-state index contributed by atoms with van der Waals surface area (Å²) in [4.78, 5) is 14.7. The zero-order chi connectivity index (χ0) is 17.1. The minimum atomic E-state index is -0.452. The standard InChI is InChI=1S/C16H12ClN3O4/c1-10-13(20(21)22)6-3-7-14(10)23-9-15-18-16(19-24-15)11-4-2-5-12(17)8-11/h2-8H,9H2,1H3. The van der Waals surface area contributed by atoms with E-state index in [9.17, 15) is 10.1 Å². The van der Waals surface area contributed by atoms with Gasteiger partial charge in [0, 0.05) is 16.7 Å². The van der Waals surface area contributed by atoms with Gasteiger partial charge in [0.2, 0.25) is 5.82 Å². The van der Waals surface area contributed by atoms with Crippen molar-refractivity contribution in [2.24, 2.45) is 0 Å². The van der Waals surface area contributed by atoms with Gasteiger partial charge in [-0.2, -0.15) is 4.98 Å². The highest BCUT2D eigenvalue weighted by Gasteiger charge is 2.15. The molecule has 0 aliphatic carbocycles. The van der Waals surface area contributed by atoms with Crippen LogP contribution >= 0.6 is 11.6 Å². The predicted octanol–water partition coefficient (Wildman–Crippen LogP) is 4.19. The van der Waals surface area contributed by atoms with Crippen LogP contribution in [0.1, 0.15) is 11.5 Å². The number of hydrogen-bond acceptors (Lipinski definition) is 6. The molecule has 1 aromatic heterocycles. The van der Waals surface area contributed by atoms with Gasteiger partial charge in [0.25, 0.3) is 11.6 Å². The second-order valence-electron chi connectivity index (χ2n) is 4.97. The highest BCUT2D eigenvalue weighted by atomic mass is 35.5. The summed E-state index contributed by atoms with van der Waals surface area (Å²) in [5, 5.41) is 15.4. The minimum Gasteiger partial charge on any atom is -0.483 e. The second-order valence-corrected chi connectivity index (χ2v) is 5.40. The summed E-state index contributed by atoms with van der Waals surface area (Å²) < 4.78 is 10.7. The molecule has 0 aliphatic rings. The molecule has 1 heterocycles. The van der Waals surface area contributed by atoms with Gasteiger partial charge in [0.1, 0.15) is 5.75 Å². The minimum absolute atomic E-state index is 0.00218. The maximum atomic E-state index is 10.9. The van der Waals surface area contributed by atoms with Crippen molar-refractivity contribution in [3.05, 3.63) is 69.1 Å². The third-order valence-corrected chi connectivity index (χ3v) is 3.59. The Labute approximate surface area is 142 Å². The van der Waals surface area contributed by atoms with E-state index >= 15 is 0 Å². The van der Waals surface area contributed by atoms with Crippen molar-refractivity contribution in [1.82, 2.24) is 10.1 Å². The first-order valence-corrected chi connectivity index (χ1v) is 7.37. The van der Waals surface area contributed by atoms with Gasteiger partial charge in [-0.25, -0.2) is 0 Å². The molecule has 0 aliphatic heterocycles. The van der Waals surface area contributed by atoms with Crippen molar-refractivity contribution in [2.75, 3.05) is 0 Å². The molecular formula is C16H12ClN3O4. The summed E-state index contributed by atoms with van der Waals surface area (Å²) >= 11 is 5.93. The summed E-state index contributed by atoms with van der Waals surface area (Å²) in [5.41, 5.74) is 1.17. The fourth-order valence-electron chi connectivity index (χ4n) is 2.15. The molecule has 3 aromatic rings. The molecule has 7 nitrogen and oxygen atoms in total. The van der Waals surface area contributed by atoms with E-state index in [2.05, 4.69) is 10.1 Å². The van der Waals surface area contributed by atoms with Crippen LogP contribution in [0.5, 0.6) is 5.75 Å². The fraction of sp³-hybridized carbons (Fsp3) is 0.125. The maximum absolute atomic E-state index is 10.9. The third-order valence-electron chi connectivity index (χ3n) is 3.35. The molecule has 0 atom stereocenters. The van der Waals surface area contributed by atoms with Gasteiger partial charge in [0.05, 0.1) is 10.5 Å². The van der Waals surface area contributed by atoms with Crippen LogP contribution < -0.4 is 4.74 Å². The molecule has 0 spiro atoms. The molecule has 0 fully saturated rings. The van der Waals surface area contributed by atoms with E-state index < -0.39 is 4.92 Å². The van der Waals surface area contributed by atoms with Crippen molar-refractivity contribution in [2.45, 2.75) is 13.5 Å². The molecule has 0 radical (unpaired) electrons. The molecule has 0 unspecified atom stereocenters. The zero-order valence-corrected chi connectivity index (χ0v) is 13.4. The van der Waals surface area contributed by atoms with E-state index in [4.69, 9.17) is 20.9 Å². The highest BCUT2D eigenvalue weighted by molar-refractivity contribution is 6.30. The SMILES string of the molecule is Cc1c(OCc2nc(-c3cccc(Cl)c3)no2)cccc1[N+](=O)[O-]. The lowest BCUT2D eigenvalue weighted by molar-refractivity contribution is -0.385. The second kappa shape index (κ2) is 6.67. The Morgan fingerprint density at radius 1 is 1.29 bits per heavy atom. The Morgan fingerprint density at radius 3 is 2.83 bits per heavy atom. The topological polar surface area (TPSA) is 91.3 Å². The molecular weight excluding hydrogens is 334 g/mol. The van der Waals surface area contributed by atoms with Crippen LogP contribution in [0.2, 0.25) is 5.02 Å². The molecule has 0 bridgehead atoms. The summed E-state index contributed by atoms with van der Waals surface area (Å²) in [5.74, 6) is 1.05. The molecule has 0 N–H and O–H groups in total. The lowest BCUT2D eigenvalue weighted by Crippen LogP contribution is -1.99. The molecule has 0 saturated heterocycles. The molecule has 0 saturated carbocycles. The Hall–Kier alpha value is -2.93. The Bertz CT molecular complexity index is 895. The van der Waals surface area contributed by atoms with Crippen LogP contribution in [0.25, 0.3) is 11.4 Å². The maximum Gasteiger partial charge on any atom is 0.276 e. The first-order chi connectivity index (χ1) is 11.5. The normalized spacial score (nSPS) is 10.6. The summed E-state index contributed by atoms with van der Waals surface area (Å²) in [6, 6.07) is 11.7. The Kier molecular flexibility index (Phi) is 4.43. The fourth-order valence-corrected chi connectivity index (χ4v) is 2.35. The number of benzene rings is 2. The number of hydrogen-bond donors (Lipinski definition) is 0. The summed E-state index contributed by atoms with van der Waals surface area (Å²) in [6.45, 7) is 1.63. The molecule has 122 valence electrons. The van der Waals surface area contributed by atoms with E-state index in [0.29, 0.717) is 22.2 Å². The van der Waals surface area contributed by atoms with Crippen molar-refractivity contribution in [3.8, 4) is 17.1 Å². The first-order valence-electron chi connectivity index (χ1n) is 7.00. The molecule has 8 heteroatoms. The van der Waals surface area contributed by atoms with Gasteiger partial charge in [-0.1, -0.05) is 35.0 Å². The van der Waals surface area contributed by atoms with E-state index in [0.717, 1.165) is 5.56 Å². The van der Waals surface area contributed by atoms with E-state index in [-0.39, 0.29) is 18.2 Å². The first kappa shape index (κ1) is 15.9. The van der Waals surface area contributed by atoms with Gasteiger partial charge in [-0.3, -0.25) is 10.1 Å². The van der Waals surface area contributed by atoms with Crippen LogP contribution in [0.15, 0.2) is 47.0 Å².